The van der Waals surface area contributed by atoms with Gasteiger partial charge in [-0.25, -0.2) is 0 Å². The zero-order valence-electron chi connectivity index (χ0n) is 9.02. The van der Waals surface area contributed by atoms with Gasteiger partial charge in [0, 0.05) is 0 Å². The number of aliphatic hydroxyl groups excluding tert-OH is 1. The van der Waals surface area contributed by atoms with Crippen molar-refractivity contribution in [2.75, 3.05) is 0 Å². The lowest BCUT2D eigenvalue weighted by molar-refractivity contribution is 0.159. The van der Waals surface area contributed by atoms with Crippen molar-refractivity contribution in [2.24, 2.45) is 0 Å². The molecule has 16 heavy (non-hydrogen) atoms. The van der Waals surface area contributed by atoms with Crippen LogP contribution in [0.4, 0.5) is 0 Å². The van der Waals surface area contributed by atoms with E-state index in [4.69, 9.17) is 0 Å². The largest absolute Gasteiger partial charge is 0.393 e. The molecule has 0 aromatic heterocycles. The fourth-order valence-corrected chi connectivity index (χ4v) is 2.52. The SMILES string of the molecule is Cl.OC1CCc2ccc3ccccc3c2C1. The first kappa shape index (κ1) is 11.4. The molecule has 1 N–H and O–H groups in total. The van der Waals surface area contributed by atoms with Crippen LogP contribution in [0.2, 0.25) is 0 Å². The Hall–Kier alpha value is -1.05. The summed E-state index contributed by atoms with van der Waals surface area (Å²) >= 11 is 0. The molecule has 0 spiro atoms. The molecule has 1 nitrogen and oxygen atoms in total. The van der Waals surface area contributed by atoms with Crippen LogP contribution in [0.3, 0.4) is 0 Å². The summed E-state index contributed by atoms with van der Waals surface area (Å²) in [5, 5.41) is 12.3. The molecule has 3 rings (SSSR count). The van der Waals surface area contributed by atoms with Crippen LogP contribution in [0.5, 0.6) is 0 Å². The van der Waals surface area contributed by atoms with Crippen molar-refractivity contribution < 1.29 is 5.11 Å². The number of rotatable bonds is 0. The van der Waals surface area contributed by atoms with E-state index in [0.29, 0.717) is 0 Å². The molecule has 0 aliphatic heterocycles. The monoisotopic (exact) mass is 234 g/mol. The molecular weight excluding hydrogens is 220 g/mol. The fraction of sp³-hybridized carbons (Fsp3) is 0.286. The van der Waals surface area contributed by atoms with E-state index >= 15 is 0 Å². The standard InChI is InChI=1S/C14H14O.ClH/c15-12-8-7-11-6-5-10-3-1-2-4-13(10)14(11)9-12;/h1-6,12,15H,7-9H2;1H. The van der Waals surface area contributed by atoms with Gasteiger partial charge in [0.05, 0.1) is 6.10 Å². The maximum absolute atomic E-state index is 9.72. The lowest BCUT2D eigenvalue weighted by Gasteiger charge is -2.22. The zero-order chi connectivity index (χ0) is 10.3. The Bertz CT molecular complexity index is 507. The number of aryl methyl sites for hydroxylation is 1. The lowest BCUT2D eigenvalue weighted by atomic mass is 9.86. The molecule has 1 aliphatic carbocycles. The molecule has 2 heteroatoms. The van der Waals surface area contributed by atoms with Crippen LogP contribution in [-0.2, 0) is 12.8 Å². The average molecular weight is 235 g/mol. The predicted molar refractivity (Wildman–Crippen MR) is 69.2 cm³/mol. The Morgan fingerprint density at radius 2 is 1.88 bits per heavy atom. The smallest absolute Gasteiger partial charge is 0.0584 e. The van der Waals surface area contributed by atoms with E-state index in [1.54, 1.807) is 0 Å². The minimum absolute atomic E-state index is 0. The van der Waals surface area contributed by atoms with Gasteiger partial charge in [-0.15, -0.1) is 12.4 Å². The Kier molecular flexibility index (Phi) is 3.17. The van der Waals surface area contributed by atoms with Crippen LogP contribution >= 0.6 is 12.4 Å². The molecule has 1 atom stereocenters. The van der Waals surface area contributed by atoms with Gasteiger partial charge >= 0.3 is 0 Å². The summed E-state index contributed by atoms with van der Waals surface area (Å²) in [6.45, 7) is 0. The van der Waals surface area contributed by atoms with Gasteiger partial charge < -0.3 is 5.11 Å². The van der Waals surface area contributed by atoms with E-state index in [2.05, 4.69) is 36.4 Å². The quantitative estimate of drug-likeness (QED) is 0.743. The summed E-state index contributed by atoms with van der Waals surface area (Å²) in [6, 6.07) is 12.8. The summed E-state index contributed by atoms with van der Waals surface area (Å²) in [7, 11) is 0. The first-order chi connectivity index (χ1) is 7.34. The molecule has 0 fully saturated rings. The van der Waals surface area contributed by atoms with Crippen molar-refractivity contribution in [1.29, 1.82) is 0 Å². The normalized spacial score (nSPS) is 18.9. The molecule has 2 aromatic rings. The molecule has 2 aromatic carbocycles. The first-order valence-electron chi connectivity index (χ1n) is 5.52. The van der Waals surface area contributed by atoms with Crippen molar-refractivity contribution in [1.82, 2.24) is 0 Å². The predicted octanol–water partition coefficient (Wildman–Crippen LogP) is 3.11. The highest BCUT2D eigenvalue weighted by Crippen LogP contribution is 2.28. The number of fused-ring (bicyclic) bond motifs is 3. The van der Waals surface area contributed by atoms with E-state index in [1.807, 2.05) is 0 Å². The van der Waals surface area contributed by atoms with Crippen LogP contribution in [-0.4, -0.2) is 11.2 Å². The molecule has 1 unspecified atom stereocenters. The molecule has 84 valence electrons. The second kappa shape index (κ2) is 4.44. The minimum Gasteiger partial charge on any atom is -0.393 e. The molecule has 1 aliphatic rings. The van der Waals surface area contributed by atoms with Gasteiger partial charge in [0.2, 0.25) is 0 Å². The zero-order valence-corrected chi connectivity index (χ0v) is 9.83. The van der Waals surface area contributed by atoms with E-state index in [1.165, 1.54) is 21.9 Å². The van der Waals surface area contributed by atoms with Gasteiger partial charge in [0.15, 0.2) is 0 Å². The summed E-state index contributed by atoms with van der Waals surface area (Å²) in [4.78, 5) is 0. The van der Waals surface area contributed by atoms with Gasteiger partial charge in [0.1, 0.15) is 0 Å². The third-order valence-corrected chi connectivity index (χ3v) is 3.32. The van der Waals surface area contributed by atoms with E-state index in [-0.39, 0.29) is 18.5 Å². The van der Waals surface area contributed by atoms with E-state index in [0.717, 1.165) is 19.3 Å². The topological polar surface area (TPSA) is 20.2 Å². The van der Waals surface area contributed by atoms with Crippen LogP contribution < -0.4 is 0 Å². The number of aliphatic hydroxyl groups is 1. The minimum atomic E-state index is -0.150. The van der Waals surface area contributed by atoms with Crippen LogP contribution in [0.25, 0.3) is 10.8 Å². The van der Waals surface area contributed by atoms with Crippen LogP contribution in [0, 0.1) is 0 Å². The third-order valence-electron chi connectivity index (χ3n) is 3.32. The molecule has 0 radical (unpaired) electrons. The first-order valence-corrected chi connectivity index (χ1v) is 5.52. The number of benzene rings is 2. The number of halogens is 1. The summed E-state index contributed by atoms with van der Waals surface area (Å²) in [5.74, 6) is 0. The molecule has 0 saturated heterocycles. The fourth-order valence-electron chi connectivity index (χ4n) is 2.52. The maximum atomic E-state index is 9.72. The van der Waals surface area contributed by atoms with Gasteiger partial charge in [-0.05, 0) is 41.2 Å². The molecule has 0 saturated carbocycles. The highest BCUT2D eigenvalue weighted by Gasteiger charge is 2.17. The molecule has 0 bridgehead atoms. The maximum Gasteiger partial charge on any atom is 0.0584 e. The van der Waals surface area contributed by atoms with Crippen molar-refractivity contribution in [2.45, 2.75) is 25.4 Å². The Morgan fingerprint density at radius 3 is 2.75 bits per heavy atom. The van der Waals surface area contributed by atoms with E-state index < -0.39 is 0 Å². The van der Waals surface area contributed by atoms with Gasteiger partial charge in [-0.3, -0.25) is 0 Å². The van der Waals surface area contributed by atoms with Gasteiger partial charge in [0.25, 0.3) is 0 Å². The molecule has 0 heterocycles. The van der Waals surface area contributed by atoms with Gasteiger partial charge in [-0.2, -0.15) is 0 Å². The Balaban J connectivity index is 0.000000963. The van der Waals surface area contributed by atoms with Crippen molar-refractivity contribution >= 4 is 23.2 Å². The second-order valence-electron chi connectivity index (χ2n) is 4.32. The third kappa shape index (κ3) is 1.81. The summed E-state index contributed by atoms with van der Waals surface area (Å²) in [6.07, 6.45) is 2.59. The number of hydrogen-bond donors (Lipinski definition) is 1. The summed E-state index contributed by atoms with van der Waals surface area (Å²) in [5.41, 5.74) is 2.77. The average Bonchev–Trinajstić information content (AvgIpc) is 2.29. The Labute approximate surface area is 102 Å². The lowest BCUT2D eigenvalue weighted by Crippen LogP contribution is -2.18. The van der Waals surface area contributed by atoms with Gasteiger partial charge in [-0.1, -0.05) is 36.4 Å². The second-order valence-corrected chi connectivity index (χ2v) is 4.32. The van der Waals surface area contributed by atoms with Crippen LogP contribution in [0.1, 0.15) is 17.5 Å². The molecular formula is C14H15ClO. The Morgan fingerprint density at radius 1 is 1.06 bits per heavy atom. The van der Waals surface area contributed by atoms with Crippen LogP contribution in [0.15, 0.2) is 36.4 Å². The number of hydrogen-bond acceptors (Lipinski definition) is 1. The van der Waals surface area contributed by atoms with Crippen molar-refractivity contribution in [3.63, 3.8) is 0 Å². The highest BCUT2D eigenvalue weighted by molar-refractivity contribution is 5.87. The summed E-state index contributed by atoms with van der Waals surface area (Å²) < 4.78 is 0. The van der Waals surface area contributed by atoms with E-state index in [9.17, 15) is 5.11 Å². The van der Waals surface area contributed by atoms with Crippen molar-refractivity contribution in [3.05, 3.63) is 47.5 Å². The highest BCUT2D eigenvalue weighted by atomic mass is 35.5. The molecule has 0 amide bonds. The van der Waals surface area contributed by atoms with Crippen molar-refractivity contribution in [3.8, 4) is 0 Å².